The Labute approximate surface area is 84.0 Å². The van der Waals surface area contributed by atoms with Crippen molar-refractivity contribution < 1.29 is 8.78 Å². The van der Waals surface area contributed by atoms with Gasteiger partial charge in [-0.1, -0.05) is 25.6 Å². The zero-order chi connectivity index (χ0) is 10.8. The molecular formula is C11H12F2Si. The van der Waals surface area contributed by atoms with Gasteiger partial charge in [0.2, 0.25) is 0 Å². The zero-order valence-electron chi connectivity index (χ0n) is 8.49. The molecule has 0 bridgehead atoms. The lowest BCUT2D eigenvalue weighted by Crippen LogP contribution is -2.16. The van der Waals surface area contributed by atoms with Crippen LogP contribution in [0.5, 0.6) is 0 Å². The van der Waals surface area contributed by atoms with Gasteiger partial charge < -0.3 is 0 Å². The summed E-state index contributed by atoms with van der Waals surface area (Å²) in [7, 11) is -1.50. The highest BCUT2D eigenvalue weighted by Crippen LogP contribution is 2.08. The second-order valence-electron chi connectivity index (χ2n) is 4.12. The van der Waals surface area contributed by atoms with E-state index in [2.05, 4.69) is 31.1 Å². The van der Waals surface area contributed by atoms with Crippen molar-refractivity contribution in [1.29, 1.82) is 0 Å². The summed E-state index contributed by atoms with van der Waals surface area (Å²) in [5, 5.41) is 0. The Balaban J connectivity index is 3.02. The maximum atomic E-state index is 13.1. The van der Waals surface area contributed by atoms with Gasteiger partial charge in [0.15, 0.2) is 0 Å². The van der Waals surface area contributed by atoms with Crippen molar-refractivity contribution in [2.24, 2.45) is 0 Å². The maximum Gasteiger partial charge on any atom is 0.141 e. The van der Waals surface area contributed by atoms with Crippen LogP contribution in [0.25, 0.3) is 0 Å². The van der Waals surface area contributed by atoms with E-state index >= 15 is 0 Å². The fraction of sp³-hybridized carbons (Fsp3) is 0.273. The molecule has 74 valence electrons. The first-order valence-corrected chi connectivity index (χ1v) is 7.87. The van der Waals surface area contributed by atoms with Crippen LogP contribution in [0.1, 0.15) is 5.56 Å². The molecule has 0 heterocycles. The van der Waals surface area contributed by atoms with Gasteiger partial charge in [-0.05, 0) is 12.1 Å². The monoisotopic (exact) mass is 210 g/mol. The minimum atomic E-state index is -1.50. The molecule has 0 aromatic heterocycles. The van der Waals surface area contributed by atoms with E-state index in [1.54, 1.807) is 0 Å². The number of halogens is 2. The smallest absolute Gasteiger partial charge is 0.141 e. The van der Waals surface area contributed by atoms with Gasteiger partial charge in [0.25, 0.3) is 0 Å². The van der Waals surface area contributed by atoms with Gasteiger partial charge in [-0.15, -0.1) is 5.54 Å². The Hall–Kier alpha value is -1.14. The van der Waals surface area contributed by atoms with Gasteiger partial charge in [-0.25, -0.2) is 8.78 Å². The molecule has 0 saturated heterocycles. The van der Waals surface area contributed by atoms with Crippen LogP contribution in [0.15, 0.2) is 18.2 Å². The topological polar surface area (TPSA) is 0 Å². The van der Waals surface area contributed by atoms with Gasteiger partial charge in [0.05, 0.1) is 5.56 Å². The van der Waals surface area contributed by atoms with Crippen LogP contribution in [0.4, 0.5) is 8.78 Å². The second kappa shape index (κ2) is 3.93. The summed E-state index contributed by atoms with van der Waals surface area (Å²) in [4.78, 5) is 0. The molecule has 0 unspecified atom stereocenters. The van der Waals surface area contributed by atoms with Crippen LogP contribution >= 0.6 is 0 Å². The fourth-order valence-electron chi connectivity index (χ4n) is 0.846. The van der Waals surface area contributed by atoms with E-state index in [1.165, 1.54) is 12.1 Å². The third kappa shape index (κ3) is 3.31. The minimum absolute atomic E-state index is 0.272. The van der Waals surface area contributed by atoms with Crippen molar-refractivity contribution in [1.82, 2.24) is 0 Å². The van der Waals surface area contributed by atoms with Gasteiger partial charge in [0, 0.05) is 6.07 Å². The molecule has 0 aliphatic carbocycles. The predicted molar refractivity (Wildman–Crippen MR) is 56.6 cm³/mol. The molecule has 0 amide bonds. The summed E-state index contributed by atoms with van der Waals surface area (Å²) < 4.78 is 25.6. The summed E-state index contributed by atoms with van der Waals surface area (Å²) in [6.45, 7) is 6.21. The standard InChI is InChI=1S/C11H12F2Si/c1-14(2,3)7-6-9-4-5-10(12)8-11(9)13/h4-5,8H,1-3H3. The van der Waals surface area contributed by atoms with Crippen LogP contribution in [0.3, 0.4) is 0 Å². The van der Waals surface area contributed by atoms with Crippen molar-refractivity contribution in [3.05, 3.63) is 35.4 Å². The number of rotatable bonds is 0. The molecule has 0 atom stereocenters. The van der Waals surface area contributed by atoms with E-state index in [-0.39, 0.29) is 5.56 Å². The molecule has 1 aromatic carbocycles. The highest BCUT2D eigenvalue weighted by Gasteiger charge is 2.08. The SMILES string of the molecule is C[Si](C)(C)C#Cc1ccc(F)cc1F. The highest BCUT2D eigenvalue weighted by molar-refractivity contribution is 6.83. The second-order valence-corrected chi connectivity index (χ2v) is 8.87. The van der Waals surface area contributed by atoms with Crippen molar-refractivity contribution >= 4 is 8.07 Å². The van der Waals surface area contributed by atoms with Crippen molar-refractivity contribution in [2.75, 3.05) is 0 Å². The van der Waals surface area contributed by atoms with E-state index in [1.807, 2.05) is 0 Å². The first kappa shape index (κ1) is 10.9. The lowest BCUT2D eigenvalue weighted by atomic mass is 10.2. The van der Waals surface area contributed by atoms with Crippen LogP contribution in [-0.4, -0.2) is 8.07 Å². The van der Waals surface area contributed by atoms with Gasteiger partial charge in [-0.2, -0.15) is 0 Å². The first-order valence-electron chi connectivity index (χ1n) is 4.37. The van der Waals surface area contributed by atoms with Crippen LogP contribution in [-0.2, 0) is 0 Å². The third-order valence-electron chi connectivity index (χ3n) is 1.50. The average molecular weight is 210 g/mol. The number of hydrogen-bond acceptors (Lipinski definition) is 0. The van der Waals surface area contributed by atoms with Gasteiger partial charge in [0.1, 0.15) is 19.7 Å². The summed E-state index contributed by atoms with van der Waals surface area (Å²) in [6, 6.07) is 3.45. The summed E-state index contributed by atoms with van der Waals surface area (Å²) >= 11 is 0. The minimum Gasteiger partial charge on any atom is -0.207 e. The molecule has 0 saturated carbocycles. The molecule has 0 aliphatic rings. The molecule has 0 radical (unpaired) electrons. The quantitative estimate of drug-likeness (QED) is 0.455. The Bertz CT molecular complexity index is 394. The Morgan fingerprint density at radius 1 is 1.14 bits per heavy atom. The van der Waals surface area contributed by atoms with Crippen LogP contribution in [0.2, 0.25) is 19.6 Å². The summed E-state index contributed by atoms with van der Waals surface area (Å²) in [5.74, 6) is 1.59. The van der Waals surface area contributed by atoms with Gasteiger partial charge in [-0.3, -0.25) is 0 Å². The van der Waals surface area contributed by atoms with E-state index in [4.69, 9.17) is 0 Å². The summed E-state index contributed by atoms with van der Waals surface area (Å²) in [6.07, 6.45) is 0. The molecule has 1 aromatic rings. The number of benzene rings is 1. The van der Waals surface area contributed by atoms with Crippen molar-refractivity contribution in [3.8, 4) is 11.5 Å². The van der Waals surface area contributed by atoms with E-state index in [9.17, 15) is 8.78 Å². The molecule has 0 N–H and O–H groups in total. The van der Waals surface area contributed by atoms with Crippen LogP contribution < -0.4 is 0 Å². The fourth-order valence-corrected chi connectivity index (χ4v) is 1.36. The molecule has 0 nitrogen and oxygen atoms in total. The van der Waals surface area contributed by atoms with Crippen molar-refractivity contribution in [3.63, 3.8) is 0 Å². The third-order valence-corrected chi connectivity index (χ3v) is 2.38. The van der Waals surface area contributed by atoms with E-state index in [0.717, 1.165) is 6.07 Å². The summed E-state index contributed by atoms with van der Waals surface area (Å²) in [5.41, 5.74) is 3.30. The first-order chi connectivity index (χ1) is 6.38. The predicted octanol–water partition coefficient (Wildman–Crippen LogP) is 3.19. The average Bonchev–Trinajstić information content (AvgIpc) is 2.00. The molecule has 14 heavy (non-hydrogen) atoms. The lowest BCUT2D eigenvalue weighted by Gasteiger charge is -2.03. The van der Waals surface area contributed by atoms with E-state index in [0.29, 0.717) is 0 Å². The lowest BCUT2D eigenvalue weighted by molar-refractivity contribution is 0.581. The highest BCUT2D eigenvalue weighted by atomic mass is 28.3. The maximum absolute atomic E-state index is 13.1. The molecule has 0 fully saturated rings. The zero-order valence-corrected chi connectivity index (χ0v) is 9.49. The molecule has 1 rings (SSSR count). The van der Waals surface area contributed by atoms with Crippen molar-refractivity contribution in [2.45, 2.75) is 19.6 Å². The van der Waals surface area contributed by atoms with Crippen LogP contribution in [0, 0.1) is 23.1 Å². The van der Waals surface area contributed by atoms with Gasteiger partial charge >= 0.3 is 0 Å². The molecular weight excluding hydrogens is 198 g/mol. The molecule has 0 spiro atoms. The Morgan fingerprint density at radius 2 is 1.79 bits per heavy atom. The Kier molecular flexibility index (Phi) is 3.07. The Morgan fingerprint density at radius 3 is 2.29 bits per heavy atom. The number of hydrogen-bond donors (Lipinski definition) is 0. The molecule has 3 heteroatoms. The van der Waals surface area contributed by atoms with E-state index < -0.39 is 19.7 Å². The molecule has 0 aliphatic heterocycles. The largest absolute Gasteiger partial charge is 0.207 e. The normalized spacial score (nSPS) is 10.6.